The Morgan fingerprint density at radius 3 is 3.06 bits per heavy atom. The second kappa shape index (κ2) is 4.53. The second-order valence-corrected chi connectivity index (χ2v) is 4.73. The van der Waals surface area contributed by atoms with Gasteiger partial charge in [0.2, 0.25) is 0 Å². The molecule has 1 saturated heterocycles. The van der Waals surface area contributed by atoms with E-state index in [0.29, 0.717) is 11.9 Å². The predicted molar refractivity (Wildman–Crippen MR) is 69.7 cm³/mol. The van der Waals surface area contributed by atoms with Gasteiger partial charge in [0, 0.05) is 6.61 Å². The van der Waals surface area contributed by atoms with Crippen LogP contribution in [0.4, 0.5) is 0 Å². The molecule has 1 atom stereocenters. The lowest BCUT2D eigenvalue weighted by Crippen LogP contribution is -2.29. The van der Waals surface area contributed by atoms with Gasteiger partial charge in [0.25, 0.3) is 5.56 Å². The lowest BCUT2D eigenvalue weighted by atomic mass is 10.2. The fraction of sp³-hybridized carbons (Fsp3) is 0.429. The normalized spacial score (nSPS) is 19.5. The van der Waals surface area contributed by atoms with Gasteiger partial charge in [-0.05, 0) is 31.9 Å². The molecule has 0 unspecified atom stereocenters. The number of aryl methyl sites for hydroxylation is 1. The van der Waals surface area contributed by atoms with E-state index in [-0.39, 0.29) is 11.7 Å². The number of para-hydroxylation sites is 1. The van der Waals surface area contributed by atoms with Gasteiger partial charge in [0.15, 0.2) is 0 Å². The minimum absolute atomic E-state index is 0.0357. The molecule has 18 heavy (non-hydrogen) atoms. The summed E-state index contributed by atoms with van der Waals surface area (Å²) in [5, 5.41) is 0.682. The molecule has 4 nitrogen and oxygen atoms in total. The summed E-state index contributed by atoms with van der Waals surface area (Å²) in [6.45, 7) is 3.30. The molecule has 1 aromatic carbocycles. The minimum atomic E-state index is 0.0357. The first-order valence-electron chi connectivity index (χ1n) is 6.33. The Morgan fingerprint density at radius 2 is 2.28 bits per heavy atom. The van der Waals surface area contributed by atoms with Crippen LogP contribution < -0.4 is 5.56 Å². The molecule has 0 saturated carbocycles. The Balaban J connectivity index is 2.07. The monoisotopic (exact) mass is 244 g/mol. The number of benzene rings is 1. The third-order valence-corrected chi connectivity index (χ3v) is 3.46. The zero-order valence-corrected chi connectivity index (χ0v) is 10.4. The van der Waals surface area contributed by atoms with Crippen molar-refractivity contribution in [1.29, 1.82) is 0 Å². The molecule has 0 aliphatic carbocycles. The summed E-state index contributed by atoms with van der Waals surface area (Å²) in [6.07, 6.45) is 2.27. The SMILES string of the molecule is Cc1nc2ccccc2c(=O)n1C[C@@H]1CCCO1. The fourth-order valence-corrected chi connectivity index (χ4v) is 2.49. The number of fused-ring (bicyclic) bond motifs is 1. The molecule has 1 aliphatic heterocycles. The summed E-state index contributed by atoms with van der Waals surface area (Å²) in [5.41, 5.74) is 0.803. The van der Waals surface area contributed by atoms with E-state index >= 15 is 0 Å². The van der Waals surface area contributed by atoms with E-state index in [1.165, 1.54) is 0 Å². The molecule has 1 aliphatic rings. The molecule has 4 heteroatoms. The average molecular weight is 244 g/mol. The maximum atomic E-state index is 12.4. The number of aromatic nitrogens is 2. The minimum Gasteiger partial charge on any atom is -0.376 e. The quantitative estimate of drug-likeness (QED) is 0.810. The molecule has 2 heterocycles. The van der Waals surface area contributed by atoms with E-state index in [4.69, 9.17) is 4.74 Å². The summed E-state index contributed by atoms with van der Waals surface area (Å²) in [4.78, 5) is 16.9. The van der Waals surface area contributed by atoms with Crippen molar-refractivity contribution in [3.63, 3.8) is 0 Å². The molecular weight excluding hydrogens is 228 g/mol. The topological polar surface area (TPSA) is 44.1 Å². The van der Waals surface area contributed by atoms with Crippen molar-refractivity contribution in [2.75, 3.05) is 6.61 Å². The largest absolute Gasteiger partial charge is 0.376 e. The van der Waals surface area contributed by atoms with Crippen LogP contribution in [0.2, 0.25) is 0 Å². The first-order chi connectivity index (χ1) is 8.75. The van der Waals surface area contributed by atoms with Crippen molar-refractivity contribution < 1.29 is 4.74 Å². The van der Waals surface area contributed by atoms with Crippen molar-refractivity contribution in [3.05, 3.63) is 40.4 Å². The number of nitrogens with zero attached hydrogens (tertiary/aromatic N) is 2. The van der Waals surface area contributed by atoms with Gasteiger partial charge in [-0.15, -0.1) is 0 Å². The first-order valence-corrected chi connectivity index (χ1v) is 6.33. The van der Waals surface area contributed by atoms with Crippen LogP contribution in [0.3, 0.4) is 0 Å². The molecule has 0 N–H and O–H groups in total. The Morgan fingerprint density at radius 1 is 1.44 bits per heavy atom. The summed E-state index contributed by atoms with van der Waals surface area (Å²) >= 11 is 0. The molecule has 1 aromatic heterocycles. The molecule has 3 rings (SSSR count). The Hall–Kier alpha value is -1.68. The predicted octanol–water partition coefficient (Wildman–Crippen LogP) is 1.88. The van der Waals surface area contributed by atoms with Crippen LogP contribution in [-0.4, -0.2) is 22.3 Å². The van der Waals surface area contributed by atoms with Crippen molar-refractivity contribution in [2.24, 2.45) is 0 Å². The lowest BCUT2D eigenvalue weighted by molar-refractivity contribution is 0.0955. The summed E-state index contributed by atoms with van der Waals surface area (Å²) in [5.74, 6) is 0.759. The number of hydrogen-bond donors (Lipinski definition) is 0. The molecule has 1 fully saturated rings. The second-order valence-electron chi connectivity index (χ2n) is 4.73. The van der Waals surface area contributed by atoms with Crippen molar-refractivity contribution in [1.82, 2.24) is 9.55 Å². The molecule has 0 amide bonds. The number of rotatable bonds is 2. The van der Waals surface area contributed by atoms with Gasteiger partial charge in [-0.25, -0.2) is 4.98 Å². The van der Waals surface area contributed by atoms with Crippen LogP contribution in [0.1, 0.15) is 18.7 Å². The smallest absolute Gasteiger partial charge is 0.261 e. The van der Waals surface area contributed by atoms with Gasteiger partial charge >= 0.3 is 0 Å². The van der Waals surface area contributed by atoms with Crippen molar-refractivity contribution >= 4 is 10.9 Å². The fourth-order valence-electron chi connectivity index (χ4n) is 2.49. The van der Waals surface area contributed by atoms with E-state index in [9.17, 15) is 4.79 Å². The summed E-state index contributed by atoms with van der Waals surface area (Å²) < 4.78 is 7.33. The van der Waals surface area contributed by atoms with E-state index in [2.05, 4.69) is 4.98 Å². The average Bonchev–Trinajstić information content (AvgIpc) is 2.87. The highest BCUT2D eigenvalue weighted by atomic mass is 16.5. The van der Waals surface area contributed by atoms with Crippen LogP contribution in [0.5, 0.6) is 0 Å². The number of hydrogen-bond acceptors (Lipinski definition) is 3. The van der Waals surface area contributed by atoms with Crippen molar-refractivity contribution in [2.45, 2.75) is 32.4 Å². The van der Waals surface area contributed by atoms with Crippen LogP contribution >= 0.6 is 0 Å². The maximum Gasteiger partial charge on any atom is 0.261 e. The highest BCUT2D eigenvalue weighted by molar-refractivity contribution is 5.77. The van der Waals surface area contributed by atoms with Crippen LogP contribution in [0.15, 0.2) is 29.1 Å². The van der Waals surface area contributed by atoms with E-state index < -0.39 is 0 Å². The van der Waals surface area contributed by atoms with Gasteiger partial charge in [-0.1, -0.05) is 12.1 Å². The lowest BCUT2D eigenvalue weighted by Gasteiger charge is -2.14. The van der Waals surface area contributed by atoms with Gasteiger partial charge in [-0.2, -0.15) is 0 Å². The van der Waals surface area contributed by atoms with Crippen LogP contribution in [0, 0.1) is 6.92 Å². The molecule has 0 bridgehead atoms. The van der Waals surface area contributed by atoms with Gasteiger partial charge < -0.3 is 4.74 Å². The zero-order chi connectivity index (χ0) is 12.5. The highest BCUT2D eigenvalue weighted by Gasteiger charge is 2.18. The Bertz CT molecular complexity index is 627. The summed E-state index contributed by atoms with van der Waals surface area (Å²) in [7, 11) is 0. The van der Waals surface area contributed by atoms with Crippen molar-refractivity contribution in [3.8, 4) is 0 Å². The molecule has 0 spiro atoms. The third kappa shape index (κ3) is 1.93. The first kappa shape index (κ1) is 11.4. The van der Waals surface area contributed by atoms with Crippen LogP contribution in [0.25, 0.3) is 10.9 Å². The molecule has 0 radical (unpaired) electrons. The molecular formula is C14H16N2O2. The van der Waals surface area contributed by atoms with Gasteiger partial charge in [0.1, 0.15) is 5.82 Å². The zero-order valence-electron chi connectivity index (χ0n) is 10.4. The summed E-state index contributed by atoms with van der Waals surface area (Å²) in [6, 6.07) is 7.48. The standard InChI is InChI=1S/C14H16N2O2/c1-10-15-13-7-3-2-6-12(13)14(17)16(10)9-11-5-4-8-18-11/h2-3,6-7,11H,4-5,8-9H2,1H3/t11-/m0/s1. The number of ether oxygens (including phenoxy) is 1. The highest BCUT2D eigenvalue weighted by Crippen LogP contribution is 2.15. The molecule has 94 valence electrons. The van der Waals surface area contributed by atoms with Crippen LogP contribution in [-0.2, 0) is 11.3 Å². The van der Waals surface area contributed by atoms with E-state index in [1.54, 1.807) is 4.57 Å². The molecule has 2 aromatic rings. The Kier molecular flexibility index (Phi) is 2.88. The van der Waals surface area contributed by atoms with E-state index in [1.807, 2.05) is 31.2 Å². The Labute approximate surface area is 105 Å². The van der Waals surface area contributed by atoms with Gasteiger partial charge in [-0.3, -0.25) is 9.36 Å². The third-order valence-electron chi connectivity index (χ3n) is 3.46. The maximum absolute atomic E-state index is 12.4. The van der Waals surface area contributed by atoms with E-state index in [0.717, 1.165) is 30.8 Å². The van der Waals surface area contributed by atoms with Gasteiger partial charge in [0.05, 0.1) is 23.6 Å².